The van der Waals surface area contributed by atoms with Crippen molar-refractivity contribution in [2.75, 3.05) is 7.11 Å². The number of ether oxygens (including phenoxy) is 1. The number of methoxy groups -OCH3 is 1. The normalized spacial score (nSPS) is 11.7. The number of aromatic nitrogens is 5. The maximum Gasteiger partial charge on any atom is 0.425 e. The predicted molar refractivity (Wildman–Crippen MR) is 73.1 cm³/mol. The summed E-state index contributed by atoms with van der Waals surface area (Å²) in [4.78, 5) is 18.5. The minimum atomic E-state index is -4.52. The number of hydrogen-bond acceptors (Lipinski definition) is 8. The summed E-state index contributed by atoms with van der Waals surface area (Å²) in [7, 11) is 1.17. The van der Waals surface area contributed by atoms with E-state index in [2.05, 4.69) is 29.5 Å². The molecule has 0 spiro atoms. The Hall–Kier alpha value is -2.76. The zero-order chi connectivity index (χ0) is 17.3. The highest BCUT2D eigenvalue weighted by molar-refractivity contribution is 7.12. The number of hydrogen-bond donors (Lipinski definition) is 0. The van der Waals surface area contributed by atoms with Crippen LogP contribution in [0.4, 0.5) is 13.2 Å². The van der Waals surface area contributed by atoms with E-state index in [1.807, 2.05) is 0 Å². The van der Waals surface area contributed by atoms with Crippen molar-refractivity contribution in [3.63, 3.8) is 0 Å². The molecule has 3 heterocycles. The van der Waals surface area contributed by atoms with E-state index in [0.29, 0.717) is 11.3 Å². The Morgan fingerprint density at radius 1 is 1.42 bits per heavy atom. The van der Waals surface area contributed by atoms with Crippen molar-refractivity contribution in [1.29, 1.82) is 0 Å². The molecule has 0 aromatic carbocycles. The van der Waals surface area contributed by atoms with Gasteiger partial charge in [-0.1, -0.05) is 5.16 Å². The maximum absolute atomic E-state index is 13.0. The van der Waals surface area contributed by atoms with Crippen molar-refractivity contribution in [1.82, 2.24) is 24.9 Å². The molecule has 0 atom stereocenters. The van der Waals surface area contributed by atoms with Gasteiger partial charge in [0.05, 0.1) is 13.7 Å². The second-order valence-corrected chi connectivity index (χ2v) is 5.57. The number of thiophene rings is 1. The van der Waals surface area contributed by atoms with Crippen LogP contribution in [-0.4, -0.2) is 38.0 Å². The molecule has 0 N–H and O–H groups in total. The molecule has 0 bridgehead atoms. The van der Waals surface area contributed by atoms with Gasteiger partial charge in [0.2, 0.25) is 18.0 Å². The van der Waals surface area contributed by atoms with Crippen molar-refractivity contribution in [2.24, 2.45) is 0 Å². The lowest BCUT2D eigenvalue weighted by Gasteiger charge is -2.04. The zero-order valence-electron chi connectivity index (χ0n) is 11.9. The Labute approximate surface area is 135 Å². The number of halogens is 3. The van der Waals surface area contributed by atoms with Crippen LogP contribution in [0.25, 0.3) is 11.4 Å². The van der Waals surface area contributed by atoms with Crippen molar-refractivity contribution < 1.29 is 27.2 Å². The smallest absolute Gasteiger partial charge is 0.425 e. The predicted octanol–water partition coefficient (Wildman–Crippen LogP) is 2.24. The molecule has 24 heavy (non-hydrogen) atoms. The Morgan fingerprint density at radius 2 is 2.21 bits per heavy atom. The molecule has 3 aromatic heterocycles. The van der Waals surface area contributed by atoms with Gasteiger partial charge < -0.3 is 9.26 Å². The fourth-order valence-corrected chi connectivity index (χ4v) is 2.93. The number of carbonyl (C=O) groups excluding carboxylic acids is 1. The van der Waals surface area contributed by atoms with E-state index in [1.54, 1.807) is 0 Å². The zero-order valence-corrected chi connectivity index (χ0v) is 12.8. The summed E-state index contributed by atoms with van der Waals surface area (Å²) in [5.74, 6) is -0.865. The third kappa shape index (κ3) is 2.99. The van der Waals surface area contributed by atoms with Crippen LogP contribution in [0.2, 0.25) is 0 Å². The Kier molecular flexibility index (Phi) is 4.05. The molecule has 0 aliphatic carbocycles. The summed E-state index contributed by atoms with van der Waals surface area (Å²) < 4.78 is 49.3. The van der Waals surface area contributed by atoms with E-state index in [1.165, 1.54) is 7.11 Å². The summed E-state index contributed by atoms with van der Waals surface area (Å²) >= 11 is 0.504. The maximum atomic E-state index is 13.0. The van der Waals surface area contributed by atoms with Crippen molar-refractivity contribution in [3.05, 3.63) is 34.4 Å². The molecule has 126 valence electrons. The average molecular weight is 359 g/mol. The molecule has 0 aliphatic heterocycles. The van der Waals surface area contributed by atoms with Crippen LogP contribution in [-0.2, 0) is 17.5 Å². The molecule has 0 aliphatic rings. The quantitative estimate of drug-likeness (QED) is 0.659. The molecule has 0 saturated carbocycles. The van der Waals surface area contributed by atoms with Gasteiger partial charge in [0.15, 0.2) is 0 Å². The summed E-state index contributed by atoms with van der Waals surface area (Å²) in [6.07, 6.45) is -2.40. The molecular formula is C12H8F3N5O3S. The molecule has 0 fully saturated rings. The van der Waals surface area contributed by atoms with Crippen LogP contribution in [0.3, 0.4) is 0 Å². The van der Waals surface area contributed by atoms with Gasteiger partial charge >= 0.3 is 12.1 Å². The SMILES string of the molecule is COC(=O)c1ncnn1Cc1sc(C(F)(F)F)cc1-c1ncon1. The number of rotatable bonds is 4. The summed E-state index contributed by atoms with van der Waals surface area (Å²) in [6, 6.07) is 0.930. The molecule has 8 nitrogen and oxygen atoms in total. The van der Waals surface area contributed by atoms with E-state index in [0.717, 1.165) is 23.5 Å². The highest BCUT2D eigenvalue weighted by Crippen LogP contribution is 2.40. The van der Waals surface area contributed by atoms with Gasteiger partial charge in [-0.05, 0) is 6.07 Å². The Morgan fingerprint density at radius 3 is 2.83 bits per heavy atom. The number of nitrogens with zero attached hydrogens (tertiary/aromatic N) is 5. The van der Waals surface area contributed by atoms with E-state index in [4.69, 9.17) is 0 Å². The monoisotopic (exact) mass is 359 g/mol. The molecule has 12 heteroatoms. The fourth-order valence-electron chi connectivity index (χ4n) is 1.93. The van der Waals surface area contributed by atoms with Crippen LogP contribution < -0.4 is 0 Å². The van der Waals surface area contributed by atoms with Crippen molar-refractivity contribution >= 4 is 17.3 Å². The van der Waals surface area contributed by atoms with Gasteiger partial charge in [-0.15, -0.1) is 11.3 Å². The van der Waals surface area contributed by atoms with Crippen LogP contribution in [0.5, 0.6) is 0 Å². The minimum Gasteiger partial charge on any atom is -0.463 e. The molecule has 3 aromatic rings. The van der Waals surface area contributed by atoms with Crippen LogP contribution in [0.15, 0.2) is 23.3 Å². The topological polar surface area (TPSA) is 95.9 Å². The number of carbonyl (C=O) groups is 1. The van der Waals surface area contributed by atoms with E-state index >= 15 is 0 Å². The third-order valence-corrected chi connectivity index (χ3v) is 4.13. The Balaban J connectivity index is 2.03. The van der Waals surface area contributed by atoms with Crippen molar-refractivity contribution in [3.8, 4) is 11.4 Å². The standard InChI is InChI=1S/C12H8F3N5O3S/c1-22-11(21)10-16-4-18-20(10)3-7-6(9-17-5-23-19-9)2-8(24-7)12(13,14)15/h2,4-5H,3H2,1H3. The molecule has 0 unspecified atom stereocenters. The van der Waals surface area contributed by atoms with Gasteiger partial charge in [-0.3, -0.25) is 0 Å². The minimum absolute atomic E-state index is 0.0106. The van der Waals surface area contributed by atoms with Gasteiger partial charge in [-0.25, -0.2) is 14.5 Å². The highest BCUT2D eigenvalue weighted by Gasteiger charge is 2.35. The van der Waals surface area contributed by atoms with Crippen LogP contribution in [0, 0.1) is 0 Å². The Bertz CT molecular complexity index is 856. The first-order valence-corrected chi connectivity index (χ1v) is 7.14. The number of alkyl halides is 3. The van der Waals surface area contributed by atoms with Gasteiger partial charge in [0.25, 0.3) is 0 Å². The summed E-state index contributed by atoms with van der Waals surface area (Å²) in [5.41, 5.74) is 0.146. The first kappa shape index (κ1) is 16.1. The number of esters is 1. The average Bonchev–Trinajstić information content (AvgIpc) is 3.25. The first-order valence-electron chi connectivity index (χ1n) is 6.33. The summed E-state index contributed by atoms with van der Waals surface area (Å²) in [6.45, 7) is -0.130. The second kappa shape index (κ2) is 6.03. The summed E-state index contributed by atoms with van der Waals surface area (Å²) in [5, 5.41) is 7.40. The molecule has 0 saturated heterocycles. The van der Waals surface area contributed by atoms with Gasteiger partial charge in [0.1, 0.15) is 11.2 Å². The van der Waals surface area contributed by atoms with Crippen LogP contribution >= 0.6 is 11.3 Å². The lowest BCUT2D eigenvalue weighted by atomic mass is 10.2. The van der Waals surface area contributed by atoms with E-state index in [9.17, 15) is 18.0 Å². The van der Waals surface area contributed by atoms with Crippen molar-refractivity contribution in [2.45, 2.75) is 12.7 Å². The fraction of sp³-hybridized carbons (Fsp3) is 0.250. The third-order valence-electron chi connectivity index (χ3n) is 2.97. The largest absolute Gasteiger partial charge is 0.463 e. The van der Waals surface area contributed by atoms with Crippen LogP contribution in [0.1, 0.15) is 20.4 Å². The molecular weight excluding hydrogens is 351 g/mol. The molecule has 3 rings (SSSR count). The molecule has 0 radical (unpaired) electrons. The highest BCUT2D eigenvalue weighted by atomic mass is 32.1. The first-order chi connectivity index (χ1) is 11.4. The van der Waals surface area contributed by atoms with Gasteiger partial charge in [0, 0.05) is 10.4 Å². The van der Waals surface area contributed by atoms with Gasteiger partial charge in [-0.2, -0.15) is 23.3 Å². The molecule has 0 amide bonds. The lowest BCUT2D eigenvalue weighted by molar-refractivity contribution is -0.134. The van der Waals surface area contributed by atoms with E-state index in [-0.39, 0.29) is 28.6 Å². The second-order valence-electron chi connectivity index (χ2n) is 4.43. The van der Waals surface area contributed by atoms with E-state index < -0.39 is 17.0 Å². The lowest BCUT2D eigenvalue weighted by Crippen LogP contribution is -2.13.